The molecule has 0 spiro atoms. The quantitative estimate of drug-likeness (QED) is 0.165. The van der Waals surface area contributed by atoms with Gasteiger partial charge in [-0.3, -0.25) is 0 Å². The van der Waals surface area contributed by atoms with Gasteiger partial charge < -0.3 is 4.42 Å². The van der Waals surface area contributed by atoms with Crippen LogP contribution in [0.1, 0.15) is 5.56 Å². The summed E-state index contributed by atoms with van der Waals surface area (Å²) < 4.78 is 6.63. The average Bonchev–Trinajstić information content (AvgIpc) is 3.65. The van der Waals surface area contributed by atoms with Crippen molar-refractivity contribution in [3.05, 3.63) is 200 Å². The fraction of sp³-hybridized carbons (Fsp3) is 0.0192. The first kappa shape index (κ1) is 33.2. The highest BCUT2D eigenvalue weighted by Crippen LogP contribution is 2.41. The molecule has 264 valence electrons. The van der Waals surface area contributed by atoms with Crippen molar-refractivity contribution in [2.45, 2.75) is 6.92 Å². The summed E-state index contributed by atoms with van der Waals surface area (Å²) in [4.78, 5) is 15.0. The van der Waals surface area contributed by atoms with Crippen molar-refractivity contribution >= 4 is 21.9 Å². The van der Waals surface area contributed by atoms with Gasteiger partial charge in [0.15, 0.2) is 17.5 Å². The zero-order chi connectivity index (χ0) is 37.4. The Morgan fingerprint density at radius 3 is 1.43 bits per heavy atom. The first-order chi connectivity index (χ1) is 27.6. The molecule has 8 aromatic carbocycles. The lowest BCUT2D eigenvalue weighted by molar-refractivity contribution is 0.669. The first-order valence-electron chi connectivity index (χ1n) is 18.8. The van der Waals surface area contributed by atoms with E-state index in [4.69, 9.17) is 19.4 Å². The summed E-state index contributed by atoms with van der Waals surface area (Å²) in [5.41, 5.74) is 14.8. The lowest BCUT2D eigenvalue weighted by atomic mass is 9.91. The van der Waals surface area contributed by atoms with Crippen molar-refractivity contribution in [2.24, 2.45) is 0 Å². The zero-order valence-corrected chi connectivity index (χ0v) is 30.7. The summed E-state index contributed by atoms with van der Waals surface area (Å²) in [6.45, 7) is 2.11. The fourth-order valence-electron chi connectivity index (χ4n) is 7.57. The van der Waals surface area contributed by atoms with Gasteiger partial charge in [-0.25, -0.2) is 15.0 Å². The van der Waals surface area contributed by atoms with Crippen LogP contribution in [0.15, 0.2) is 199 Å². The van der Waals surface area contributed by atoms with Crippen LogP contribution >= 0.6 is 0 Å². The molecule has 10 aromatic rings. The van der Waals surface area contributed by atoms with E-state index in [-0.39, 0.29) is 0 Å². The molecule has 2 aromatic heterocycles. The van der Waals surface area contributed by atoms with Gasteiger partial charge in [-0.1, -0.05) is 163 Å². The smallest absolute Gasteiger partial charge is 0.164 e. The van der Waals surface area contributed by atoms with Crippen molar-refractivity contribution in [3.63, 3.8) is 0 Å². The van der Waals surface area contributed by atoms with Gasteiger partial charge in [0, 0.05) is 27.5 Å². The molecule has 0 saturated heterocycles. The highest BCUT2D eigenvalue weighted by atomic mass is 16.3. The number of benzene rings is 8. The fourth-order valence-corrected chi connectivity index (χ4v) is 7.57. The van der Waals surface area contributed by atoms with Gasteiger partial charge in [-0.15, -0.1) is 0 Å². The standard InChI is InChI=1S/C52H35N3O/c1-34-13-11-20-40(29-34)37-23-25-39(26-24-37)51-53-50(38-18-9-4-10-19-38)54-52(55-51)41-27-28-46-48(33-41)56-47-22-12-21-45(49(46)47)44-31-42(35-14-5-2-6-15-35)30-43(32-44)36-16-7-3-8-17-36/h2-33H,1H3. The Morgan fingerprint density at radius 1 is 0.321 bits per heavy atom. The molecule has 0 unspecified atom stereocenters. The van der Waals surface area contributed by atoms with Crippen molar-refractivity contribution < 1.29 is 4.42 Å². The third-order valence-electron chi connectivity index (χ3n) is 10.4. The maximum absolute atomic E-state index is 6.63. The van der Waals surface area contributed by atoms with Crippen LogP contribution < -0.4 is 0 Å². The van der Waals surface area contributed by atoms with E-state index in [2.05, 4.69) is 165 Å². The number of rotatable bonds is 7. The van der Waals surface area contributed by atoms with E-state index in [1.807, 2.05) is 36.4 Å². The van der Waals surface area contributed by atoms with Gasteiger partial charge in [0.05, 0.1) is 0 Å². The average molecular weight is 718 g/mol. The molecule has 0 N–H and O–H groups in total. The molecule has 0 aliphatic rings. The van der Waals surface area contributed by atoms with E-state index in [1.165, 1.54) is 33.4 Å². The second-order valence-electron chi connectivity index (χ2n) is 14.1. The minimum absolute atomic E-state index is 0.585. The molecule has 4 heteroatoms. The Labute approximate surface area is 325 Å². The topological polar surface area (TPSA) is 51.8 Å². The van der Waals surface area contributed by atoms with Crippen molar-refractivity contribution in [3.8, 4) is 78.7 Å². The van der Waals surface area contributed by atoms with Gasteiger partial charge in [0.2, 0.25) is 0 Å². The van der Waals surface area contributed by atoms with E-state index in [0.717, 1.165) is 55.3 Å². The van der Waals surface area contributed by atoms with Crippen LogP contribution in [0.5, 0.6) is 0 Å². The number of fused-ring (bicyclic) bond motifs is 3. The Bertz CT molecular complexity index is 2950. The van der Waals surface area contributed by atoms with Crippen LogP contribution in [-0.4, -0.2) is 15.0 Å². The number of furan rings is 1. The molecule has 0 aliphatic carbocycles. The Balaban J connectivity index is 1.09. The second-order valence-corrected chi connectivity index (χ2v) is 14.1. The minimum atomic E-state index is 0.585. The minimum Gasteiger partial charge on any atom is -0.456 e. The lowest BCUT2D eigenvalue weighted by Gasteiger charge is -2.12. The molecule has 56 heavy (non-hydrogen) atoms. The van der Waals surface area contributed by atoms with Crippen molar-refractivity contribution in [1.82, 2.24) is 15.0 Å². The van der Waals surface area contributed by atoms with E-state index in [1.54, 1.807) is 0 Å². The molecule has 0 radical (unpaired) electrons. The van der Waals surface area contributed by atoms with Gasteiger partial charge in [0.25, 0.3) is 0 Å². The normalized spacial score (nSPS) is 11.3. The summed E-state index contributed by atoms with van der Waals surface area (Å²) in [5.74, 6) is 1.82. The summed E-state index contributed by atoms with van der Waals surface area (Å²) >= 11 is 0. The molecule has 0 bridgehead atoms. The molecular weight excluding hydrogens is 683 g/mol. The molecular formula is C52H35N3O. The summed E-state index contributed by atoms with van der Waals surface area (Å²) in [7, 11) is 0. The predicted molar refractivity (Wildman–Crippen MR) is 230 cm³/mol. The maximum atomic E-state index is 6.63. The molecule has 4 nitrogen and oxygen atoms in total. The third-order valence-corrected chi connectivity index (χ3v) is 10.4. The van der Waals surface area contributed by atoms with Crippen LogP contribution in [0.3, 0.4) is 0 Å². The van der Waals surface area contributed by atoms with Gasteiger partial charge in [-0.05, 0) is 87.8 Å². The number of aryl methyl sites for hydroxylation is 1. The van der Waals surface area contributed by atoms with Crippen LogP contribution in [0.25, 0.3) is 101 Å². The predicted octanol–water partition coefficient (Wildman–Crippen LogP) is 13.7. The zero-order valence-electron chi connectivity index (χ0n) is 30.7. The van der Waals surface area contributed by atoms with Crippen LogP contribution in [0.4, 0.5) is 0 Å². The van der Waals surface area contributed by atoms with Crippen LogP contribution in [0.2, 0.25) is 0 Å². The summed E-state index contributed by atoms with van der Waals surface area (Å²) in [5, 5.41) is 2.11. The van der Waals surface area contributed by atoms with E-state index >= 15 is 0 Å². The maximum Gasteiger partial charge on any atom is 0.164 e. The number of hydrogen-bond donors (Lipinski definition) is 0. The Morgan fingerprint density at radius 2 is 0.804 bits per heavy atom. The number of aromatic nitrogens is 3. The molecule has 0 amide bonds. The van der Waals surface area contributed by atoms with E-state index < -0.39 is 0 Å². The molecule has 0 saturated carbocycles. The van der Waals surface area contributed by atoms with Gasteiger partial charge >= 0.3 is 0 Å². The Hall–Kier alpha value is -7.43. The molecule has 10 rings (SSSR count). The monoisotopic (exact) mass is 717 g/mol. The van der Waals surface area contributed by atoms with Gasteiger partial charge in [0.1, 0.15) is 11.2 Å². The largest absolute Gasteiger partial charge is 0.456 e. The van der Waals surface area contributed by atoms with Crippen LogP contribution in [0, 0.1) is 6.92 Å². The van der Waals surface area contributed by atoms with Crippen LogP contribution in [-0.2, 0) is 0 Å². The molecule has 2 heterocycles. The number of nitrogens with zero attached hydrogens (tertiary/aromatic N) is 3. The lowest BCUT2D eigenvalue weighted by Crippen LogP contribution is -2.00. The SMILES string of the molecule is Cc1cccc(-c2ccc(-c3nc(-c4ccccc4)nc(-c4ccc5c(c4)oc4cccc(-c6cc(-c7ccccc7)cc(-c7ccccc7)c6)c45)n3)cc2)c1. The highest BCUT2D eigenvalue weighted by molar-refractivity contribution is 6.13. The highest BCUT2D eigenvalue weighted by Gasteiger charge is 2.18. The summed E-state index contributed by atoms with van der Waals surface area (Å²) in [6.07, 6.45) is 0. The Kier molecular flexibility index (Phi) is 8.34. The third kappa shape index (κ3) is 6.33. The second kappa shape index (κ2) is 14.1. The van der Waals surface area contributed by atoms with Crippen molar-refractivity contribution in [2.75, 3.05) is 0 Å². The van der Waals surface area contributed by atoms with Gasteiger partial charge in [-0.2, -0.15) is 0 Å². The van der Waals surface area contributed by atoms with E-state index in [9.17, 15) is 0 Å². The molecule has 0 aliphatic heterocycles. The summed E-state index contributed by atoms with van der Waals surface area (Å²) in [6, 6.07) is 67.7. The first-order valence-corrected chi connectivity index (χ1v) is 18.8. The van der Waals surface area contributed by atoms with E-state index in [0.29, 0.717) is 17.5 Å². The molecule has 0 fully saturated rings. The number of hydrogen-bond acceptors (Lipinski definition) is 4. The molecule has 0 atom stereocenters. The van der Waals surface area contributed by atoms with Crippen molar-refractivity contribution in [1.29, 1.82) is 0 Å².